The molecule has 0 spiro atoms. The minimum Gasteiger partial charge on any atom is -0.370 e. The molecule has 1 heterocycles. The fraction of sp³-hybridized carbons (Fsp3) is 0.636. The van der Waals surface area contributed by atoms with Crippen LogP contribution in [0.4, 0.5) is 0 Å². The number of nitrogens with two attached hydrogens (primary N) is 1. The van der Waals surface area contributed by atoms with E-state index in [1.54, 1.807) is 4.90 Å². The summed E-state index contributed by atoms with van der Waals surface area (Å²) in [7, 11) is 3.74. The molecular weight excluding hydrogens is 204 g/mol. The van der Waals surface area contributed by atoms with Gasteiger partial charge in [0, 0.05) is 26.1 Å². The molecule has 16 heavy (non-hydrogen) atoms. The highest BCUT2D eigenvalue weighted by Gasteiger charge is 2.18. The molecule has 0 fully saturated rings. The summed E-state index contributed by atoms with van der Waals surface area (Å²) in [5.41, 5.74) is 7.92. The predicted molar refractivity (Wildman–Crippen MR) is 62.2 cm³/mol. The molecule has 0 aromatic carbocycles. The first-order chi connectivity index (χ1) is 7.68. The van der Waals surface area contributed by atoms with Crippen molar-refractivity contribution >= 4 is 5.96 Å². The summed E-state index contributed by atoms with van der Waals surface area (Å²) in [5.74, 6) is 1.56. The van der Waals surface area contributed by atoms with Gasteiger partial charge in [0.2, 0.25) is 0 Å². The number of nitrogens with zero attached hydrogens (tertiary/aromatic N) is 3. The number of hydrogen-bond donors (Lipinski definition) is 1. The Kier molecular flexibility index (Phi) is 3.12. The number of guanidine groups is 1. The molecule has 1 aromatic heterocycles. The average Bonchev–Trinajstić information content (AvgIpc) is 2.69. The molecule has 1 aliphatic rings. The van der Waals surface area contributed by atoms with Crippen LogP contribution in [0.3, 0.4) is 0 Å². The highest BCUT2D eigenvalue weighted by molar-refractivity contribution is 5.77. The quantitative estimate of drug-likeness (QED) is 0.597. The van der Waals surface area contributed by atoms with Gasteiger partial charge < -0.3 is 15.2 Å². The molecule has 0 radical (unpaired) electrons. The molecule has 0 saturated heterocycles. The van der Waals surface area contributed by atoms with Gasteiger partial charge in [-0.3, -0.25) is 0 Å². The third-order valence-electron chi connectivity index (χ3n) is 2.88. The van der Waals surface area contributed by atoms with Crippen molar-refractivity contribution in [2.24, 2.45) is 10.7 Å². The molecule has 0 amide bonds. The van der Waals surface area contributed by atoms with E-state index in [2.05, 4.69) is 10.1 Å². The SMILES string of the molecule is CN(C)C(N)=NCc1noc2c1CCCC2. The molecular formula is C11H18N4O. The number of fused-ring (bicyclic) bond motifs is 1. The number of hydrogen-bond acceptors (Lipinski definition) is 3. The van der Waals surface area contributed by atoms with E-state index >= 15 is 0 Å². The number of aliphatic imine (C=N–C) groups is 1. The first kappa shape index (κ1) is 11.0. The minimum absolute atomic E-state index is 0.517. The Bertz CT molecular complexity index is 395. The van der Waals surface area contributed by atoms with E-state index in [1.165, 1.54) is 18.4 Å². The molecule has 1 aromatic rings. The Balaban J connectivity index is 2.10. The molecule has 0 aliphatic heterocycles. The molecule has 0 unspecified atom stereocenters. The van der Waals surface area contributed by atoms with Gasteiger partial charge in [0.1, 0.15) is 11.5 Å². The van der Waals surface area contributed by atoms with Crippen LogP contribution in [0.5, 0.6) is 0 Å². The van der Waals surface area contributed by atoms with Gasteiger partial charge in [-0.1, -0.05) is 5.16 Å². The second kappa shape index (κ2) is 4.55. The lowest BCUT2D eigenvalue weighted by Gasteiger charge is -2.11. The molecule has 0 saturated carbocycles. The maximum absolute atomic E-state index is 5.73. The van der Waals surface area contributed by atoms with Gasteiger partial charge in [0.05, 0.1) is 6.54 Å². The third-order valence-corrected chi connectivity index (χ3v) is 2.88. The van der Waals surface area contributed by atoms with Crippen LogP contribution in [0, 0.1) is 0 Å². The summed E-state index contributed by atoms with van der Waals surface area (Å²) in [6, 6.07) is 0. The smallest absolute Gasteiger partial charge is 0.191 e. The molecule has 5 heteroatoms. The van der Waals surface area contributed by atoms with E-state index in [1.807, 2.05) is 14.1 Å². The monoisotopic (exact) mass is 222 g/mol. The normalized spacial score (nSPS) is 16.0. The lowest BCUT2D eigenvalue weighted by molar-refractivity contribution is 0.368. The van der Waals surface area contributed by atoms with Crippen molar-refractivity contribution in [2.75, 3.05) is 14.1 Å². The van der Waals surface area contributed by atoms with Crippen molar-refractivity contribution in [3.63, 3.8) is 0 Å². The summed E-state index contributed by atoms with van der Waals surface area (Å²) < 4.78 is 5.31. The van der Waals surface area contributed by atoms with Crippen molar-refractivity contribution in [1.82, 2.24) is 10.1 Å². The second-order valence-electron chi connectivity index (χ2n) is 4.31. The summed E-state index contributed by atoms with van der Waals surface area (Å²) in [5, 5.41) is 4.07. The maximum atomic E-state index is 5.73. The first-order valence-corrected chi connectivity index (χ1v) is 5.62. The predicted octanol–water partition coefficient (Wildman–Crippen LogP) is 0.930. The van der Waals surface area contributed by atoms with Gasteiger partial charge in [-0.2, -0.15) is 0 Å². The minimum atomic E-state index is 0.517. The molecule has 1 aliphatic carbocycles. The van der Waals surface area contributed by atoms with E-state index in [0.717, 1.165) is 24.3 Å². The second-order valence-corrected chi connectivity index (χ2v) is 4.31. The standard InChI is InChI=1S/C11H18N4O/c1-15(2)11(12)13-7-9-8-5-3-4-6-10(8)16-14-9/h3-7H2,1-2H3,(H2,12,13). The van der Waals surface area contributed by atoms with Crippen LogP contribution >= 0.6 is 0 Å². The van der Waals surface area contributed by atoms with Crippen molar-refractivity contribution in [3.05, 3.63) is 17.0 Å². The largest absolute Gasteiger partial charge is 0.370 e. The number of aryl methyl sites for hydroxylation is 1. The van der Waals surface area contributed by atoms with E-state index in [-0.39, 0.29) is 0 Å². The Morgan fingerprint density at radius 3 is 2.94 bits per heavy atom. The molecule has 2 rings (SSSR count). The van der Waals surface area contributed by atoms with Crippen molar-refractivity contribution in [3.8, 4) is 0 Å². The summed E-state index contributed by atoms with van der Waals surface area (Å²) in [6.45, 7) is 0.517. The van der Waals surface area contributed by atoms with E-state index in [4.69, 9.17) is 10.3 Å². The molecule has 2 N–H and O–H groups in total. The van der Waals surface area contributed by atoms with E-state index in [0.29, 0.717) is 12.5 Å². The van der Waals surface area contributed by atoms with E-state index < -0.39 is 0 Å². The fourth-order valence-electron chi connectivity index (χ4n) is 1.87. The van der Waals surface area contributed by atoms with Gasteiger partial charge in [-0.15, -0.1) is 0 Å². The van der Waals surface area contributed by atoms with Crippen molar-refractivity contribution < 1.29 is 4.52 Å². The lowest BCUT2D eigenvalue weighted by atomic mass is 9.96. The van der Waals surface area contributed by atoms with Gasteiger partial charge in [-0.05, 0) is 19.3 Å². The zero-order valence-corrected chi connectivity index (χ0v) is 9.86. The van der Waals surface area contributed by atoms with E-state index in [9.17, 15) is 0 Å². The Hall–Kier alpha value is -1.52. The topological polar surface area (TPSA) is 67.7 Å². The van der Waals surface area contributed by atoms with Crippen LogP contribution in [0.15, 0.2) is 9.52 Å². The van der Waals surface area contributed by atoms with Crippen LogP contribution in [-0.4, -0.2) is 30.1 Å². The Morgan fingerprint density at radius 2 is 2.19 bits per heavy atom. The Morgan fingerprint density at radius 1 is 1.44 bits per heavy atom. The van der Waals surface area contributed by atoms with Crippen LogP contribution in [0.25, 0.3) is 0 Å². The first-order valence-electron chi connectivity index (χ1n) is 5.62. The summed E-state index contributed by atoms with van der Waals surface area (Å²) in [4.78, 5) is 6.06. The van der Waals surface area contributed by atoms with Gasteiger partial charge >= 0.3 is 0 Å². The van der Waals surface area contributed by atoms with Gasteiger partial charge in [0.15, 0.2) is 5.96 Å². The number of aromatic nitrogens is 1. The zero-order valence-electron chi connectivity index (χ0n) is 9.86. The molecule has 88 valence electrons. The van der Waals surface area contributed by atoms with Crippen LogP contribution in [0.1, 0.15) is 29.9 Å². The van der Waals surface area contributed by atoms with Gasteiger partial charge in [0.25, 0.3) is 0 Å². The van der Waals surface area contributed by atoms with Crippen LogP contribution < -0.4 is 5.73 Å². The average molecular weight is 222 g/mol. The summed E-state index contributed by atoms with van der Waals surface area (Å²) in [6.07, 6.45) is 4.49. The molecule has 0 bridgehead atoms. The maximum Gasteiger partial charge on any atom is 0.191 e. The number of rotatable bonds is 2. The highest BCUT2D eigenvalue weighted by atomic mass is 16.5. The fourth-order valence-corrected chi connectivity index (χ4v) is 1.87. The lowest BCUT2D eigenvalue weighted by Crippen LogP contribution is -2.30. The zero-order chi connectivity index (χ0) is 11.5. The van der Waals surface area contributed by atoms with Gasteiger partial charge in [-0.25, -0.2) is 4.99 Å². The van der Waals surface area contributed by atoms with Crippen molar-refractivity contribution in [1.29, 1.82) is 0 Å². The summed E-state index contributed by atoms with van der Waals surface area (Å²) >= 11 is 0. The van der Waals surface area contributed by atoms with Crippen molar-refractivity contribution in [2.45, 2.75) is 32.2 Å². The Labute approximate surface area is 95.3 Å². The highest BCUT2D eigenvalue weighted by Crippen LogP contribution is 2.24. The molecule has 0 atom stereocenters. The van der Waals surface area contributed by atoms with Crippen LogP contribution in [-0.2, 0) is 19.4 Å². The van der Waals surface area contributed by atoms with Crippen LogP contribution in [0.2, 0.25) is 0 Å². The molecule has 5 nitrogen and oxygen atoms in total. The third kappa shape index (κ3) is 2.18.